The van der Waals surface area contributed by atoms with Crippen molar-refractivity contribution in [3.8, 4) is 22.3 Å². The van der Waals surface area contributed by atoms with Crippen LogP contribution in [0.1, 0.15) is 5.56 Å². The van der Waals surface area contributed by atoms with Gasteiger partial charge in [-0.25, -0.2) is 0 Å². The monoisotopic (exact) mass is 426 g/mol. The molecule has 2 nitrogen and oxygen atoms in total. The van der Waals surface area contributed by atoms with Gasteiger partial charge < -0.3 is 10.6 Å². The molecule has 0 aliphatic rings. The molecule has 0 atom stereocenters. The maximum atomic E-state index is 3.60. The third-order valence-electron chi connectivity index (χ3n) is 5.68. The molecular weight excluding hydrogens is 400 g/mol. The minimum Gasteiger partial charge on any atom is -0.356 e. The van der Waals surface area contributed by atoms with Gasteiger partial charge in [-0.15, -0.1) is 0 Å². The summed E-state index contributed by atoms with van der Waals surface area (Å²) in [6.45, 7) is 2.14. The van der Waals surface area contributed by atoms with Crippen LogP contribution < -0.4 is 10.6 Å². The lowest BCUT2D eigenvalue weighted by molar-refractivity contribution is 1.46. The summed E-state index contributed by atoms with van der Waals surface area (Å²) in [6, 6.07) is 44.5. The SMILES string of the molecule is Cc1cccc(-c2cc(-c3ccc(Nc4ccccc4)cc3)ccc2Nc2ccccc2)c1. The van der Waals surface area contributed by atoms with Gasteiger partial charge in [-0.2, -0.15) is 0 Å². The van der Waals surface area contributed by atoms with Gasteiger partial charge in [0.05, 0.1) is 0 Å². The van der Waals surface area contributed by atoms with Crippen molar-refractivity contribution in [2.45, 2.75) is 6.92 Å². The van der Waals surface area contributed by atoms with E-state index < -0.39 is 0 Å². The number of rotatable bonds is 6. The van der Waals surface area contributed by atoms with Crippen LogP contribution in [0.4, 0.5) is 22.7 Å². The molecule has 0 heterocycles. The van der Waals surface area contributed by atoms with Crippen molar-refractivity contribution in [2.75, 3.05) is 10.6 Å². The molecule has 0 saturated heterocycles. The largest absolute Gasteiger partial charge is 0.356 e. The van der Waals surface area contributed by atoms with Gasteiger partial charge in [-0.05, 0) is 72.1 Å². The van der Waals surface area contributed by atoms with E-state index in [0.717, 1.165) is 22.7 Å². The molecule has 0 saturated carbocycles. The highest BCUT2D eigenvalue weighted by molar-refractivity contribution is 5.85. The fourth-order valence-corrected chi connectivity index (χ4v) is 4.00. The van der Waals surface area contributed by atoms with E-state index in [1.165, 1.54) is 27.8 Å². The minimum absolute atomic E-state index is 1.08. The van der Waals surface area contributed by atoms with E-state index in [1.807, 2.05) is 36.4 Å². The summed E-state index contributed by atoms with van der Waals surface area (Å²) < 4.78 is 0. The number of hydrogen-bond acceptors (Lipinski definition) is 2. The zero-order valence-corrected chi connectivity index (χ0v) is 18.6. The topological polar surface area (TPSA) is 24.1 Å². The molecule has 0 aliphatic carbocycles. The summed E-state index contributed by atoms with van der Waals surface area (Å²) in [4.78, 5) is 0. The van der Waals surface area contributed by atoms with Gasteiger partial charge in [0.15, 0.2) is 0 Å². The van der Waals surface area contributed by atoms with Crippen LogP contribution in [-0.4, -0.2) is 0 Å². The number of aryl methyl sites for hydroxylation is 1. The maximum Gasteiger partial charge on any atom is 0.0464 e. The number of benzene rings is 5. The Balaban J connectivity index is 1.48. The molecule has 160 valence electrons. The molecule has 2 N–H and O–H groups in total. The lowest BCUT2D eigenvalue weighted by Crippen LogP contribution is -1.94. The van der Waals surface area contributed by atoms with Crippen LogP contribution >= 0.6 is 0 Å². The van der Waals surface area contributed by atoms with Crippen molar-refractivity contribution in [3.05, 3.63) is 133 Å². The molecule has 0 amide bonds. The molecule has 0 spiro atoms. The highest BCUT2D eigenvalue weighted by Gasteiger charge is 2.09. The Morgan fingerprint density at radius 1 is 0.424 bits per heavy atom. The summed E-state index contributed by atoms with van der Waals surface area (Å²) in [6.07, 6.45) is 0. The third kappa shape index (κ3) is 4.97. The van der Waals surface area contributed by atoms with Gasteiger partial charge in [0.1, 0.15) is 0 Å². The van der Waals surface area contributed by atoms with Crippen LogP contribution in [0.15, 0.2) is 127 Å². The first kappa shape index (κ1) is 20.6. The van der Waals surface area contributed by atoms with Crippen molar-refractivity contribution in [1.29, 1.82) is 0 Å². The molecule has 2 heteroatoms. The third-order valence-corrected chi connectivity index (χ3v) is 5.68. The Hall–Kier alpha value is -4.30. The molecule has 5 aromatic rings. The number of para-hydroxylation sites is 2. The molecule has 33 heavy (non-hydrogen) atoms. The van der Waals surface area contributed by atoms with Crippen LogP contribution in [0, 0.1) is 6.92 Å². The van der Waals surface area contributed by atoms with Crippen LogP contribution in [0.5, 0.6) is 0 Å². The second kappa shape index (κ2) is 9.46. The minimum atomic E-state index is 1.08. The zero-order valence-electron chi connectivity index (χ0n) is 18.6. The first-order valence-corrected chi connectivity index (χ1v) is 11.2. The average Bonchev–Trinajstić information content (AvgIpc) is 2.86. The number of nitrogens with one attached hydrogen (secondary N) is 2. The highest BCUT2D eigenvalue weighted by atomic mass is 14.9. The molecule has 0 bridgehead atoms. The summed E-state index contributed by atoms with van der Waals surface area (Å²) in [7, 11) is 0. The first-order valence-electron chi connectivity index (χ1n) is 11.2. The Morgan fingerprint density at radius 2 is 1.03 bits per heavy atom. The van der Waals surface area contributed by atoms with E-state index >= 15 is 0 Å². The van der Waals surface area contributed by atoms with E-state index in [1.54, 1.807) is 0 Å². The van der Waals surface area contributed by atoms with Gasteiger partial charge >= 0.3 is 0 Å². The van der Waals surface area contributed by atoms with Crippen LogP contribution in [0.25, 0.3) is 22.3 Å². The molecule has 0 radical (unpaired) electrons. The van der Waals surface area contributed by atoms with E-state index in [-0.39, 0.29) is 0 Å². The van der Waals surface area contributed by atoms with Crippen molar-refractivity contribution in [3.63, 3.8) is 0 Å². The summed E-state index contributed by atoms with van der Waals surface area (Å²) in [5, 5.41) is 7.05. The van der Waals surface area contributed by atoms with Crippen LogP contribution in [-0.2, 0) is 0 Å². The van der Waals surface area contributed by atoms with Gasteiger partial charge in [0, 0.05) is 28.3 Å². The Kier molecular flexibility index (Phi) is 5.90. The Bertz CT molecular complexity index is 1340. The smallest absolute Gasteiger partial charge is 0.0464 e. The van der Waals surface area contributed by atoms with Crippen molar-refractivity contribution in [2.24, 2.45) is 0 Å². The lowest BCUT2D eigenvalue weighted by atomic mass is 9.96. The first-order chi connectivity index (χ1) is 16.2. The Labute approximate surface area is 195 Å². The molecule has 0 unspecified atom stereocenters. The molecule has 5 rings (SSSR count). The lowest BCUT2D eigenvalue weighted by Gasteiger charge is -2.15. The quantitative estimate of drug-likeness (QED) is 0.283. The van der Waals surface area contributed by atoms with Crippen molar-refractivity contribution in [1.82, 2.24) is 0 Å². The predicted molar refractivity (Wildman–Crippen MR) is 142 cm³/mol. The Morgan fingerprint density at radius 3 is 1.70 bits per heavy atom. The summed E-state index contributed by atoms with van der Waals surface area (Å²) in [5.74, 6) is 0. The molecule has 0 aliphatic heterocycles. The number of anilines is 4. The average molecular weight is 427 g/mol. The van der Waals surface area contributed by atoms with E-state index in [4.69, 9.17) is 0 Å². The van der Waals surface area contributed by atoms with E-state index in [2.05, 4.69) is 109 Å². The van der Waals surface area contributed by atoms with Gasteiger partial charge in [0.2, 0.25) is 0 Å². The molecule has 0 fully saturated rings. The van der Waals surface area contributed by atoms with Crippen LogP contribution in [0.3, 0.4) is 0 Å². The maximum absolute atomic E-state index is 3.60. The second-order valence-electron chi connectivity index (χ2n) is 8.19. The fourth-order valence-electron chi connectivity index (χ4n) is 4.00. The number of hydrogen-bond donors (Lipinski definition) is 2. The van der Waals surface area contributed by atoms with Gasteiger partial charge in [-0.3, -0.25) is 0 Å². The molecular formula is C31H26N2. The fraction of sp³-hybridized carbons (Fsp3) is 0.0323. The zero-order chi connectivity index (χ0) is 22.5. The normalized spacial score (nSPS) is 10.6. The van der Waals surface area contributed by atoms with Gasteiger partial charge in [-0.1, -0.05) is 84.4 Å². The predicted octanol–water partition coefficient (Wildman–Crippen LogP) is 8.82. The molecule has 0 aromatic heterocycles. The second-order valence-corrected chi connectivity index (χ2v) is 8.19. The standard InChI is InChI=1S/C31H26N2/c1-23-9-8-10-26(21-23)30-22-25(17-20-31(30)33-28-13-6-3-7-14-28)24-15-18-29(19-16-24)32-27-11-4-2-5-12-27/h2-22,32-33H,1H3. The van der Waals surface area contributed by atoms with Crippen LogP contribution in [0.2, 0.25) is 0 Å². The summed E-state index contributed by atoms with van der Waals surface area (Å²) in [5.41, 5.74) is 10.4. The van der Waals surface area contributed by atoms with Gasteiger partial charge in [0.25, 0.3) is 0 Å². The van der Waals surface area contributed by atoms with Crippen molar-refractivity contribution >= 4 is 22.7 Å². The van der Waals surface area contributed by atoms with E-state index in [0.29, 0.717) is 0 Å². The summed E-state index contributed by atoms with van der Waals surface area (Å²) >= 11 is 0. The van der Waals surface area contributed by atoms with E-state index in [9.17, 15) is 0 Å². The highest BCUT2D eigenvalue weighted by Crippen LogP contribution is 2.35. The molecule has 5 aromatic carbocycles. The van der Waals surface area contributed by atoms with Crippen molar-refractivity contribution < 1.29 is 0 Å².